The number of hydrogen-bond acceptors (Lipinski definition) is 3. The molecule has 1 heterocycles. The molecule has 1 aliphatic rings. The zero-order valence-corrected chi connectivity index (χ0v) is 18.5. The first-order valence-electron chi connectivity index (χ1n) is 10.4. The van der Waals surface area contributed by atoms with Crippen molar-refractivity contribution in [3.8, 4) is 16.9 Å². The summed E-state index contributed by atoms with van der Waals surface area (Å²) in [6, 6.07) is 16.7. The Morgan fingerprint density at radius 2 is 1.74 bits per heavy atom. The molecule has 0 aromatic heterocycles. The summed E-state index contributed by atoms with van der Waals surface area (Å²) in [5.74, 6) is 0.127. The lowest BCUT2D eigenvalue weighted by Crippen LogP contribution is -2.52. The van der Waals surface area contributed by atoms with Crippen LogP contribution in [0.2, 0.25) is 0 Å². The van der Waals surface area contributed by atoms with Crippen LogP contribution in [0.25, 0.3) is 11.1 Å². The average molecular weight is 419 g/mol. The van der Waals surface area contributed by atoms with Gasteiger partial charge in [-0.2, -0.15) is 0 Å². The molecular formula is C26H27FN2O2. The van der Waals surface area contributed by atoms with Gasteiger partial charge in [0, 0.05) is 18.7 Å². The summed E-state index contributed by atoms with van der Waals surface area (Å²) in [5, 5.41) is 3.36. The third kappa shape index (κ3) is 3.76. The number of aryl methyl sites for hydroxylation is 2. The number of nitrogens with zero attached hydrogens (tertiary/aromatic N) is 1. The molecule has 31 heavy (non-hydrogen) atoms. The Morgan fingerprint density at radius 3 is 2.48 bits per heavy atom. The van der Waals surface area contributed by atoms with Crippen molar-refractivity contribution >= 4 is 17.3 Å². The number of fused-ring (bicyclic) bond motifs is 1. The Hall–Kier alpha value is -3.34. The van der Waals surface area contributed by atoms with Crippen molar-refractivity contribution in [3.63, 3.8) is 0 Å². The van der Waals surface area contributed by atoms with E-state index in [0.29, 0.717) is 5.75 Å². The van der Waals surface area contributed by atoms with Crippen molar-refractivity contribution in [3.05, 3.63) is 77.1 Å². The molecule has 5 heteroatoms. The maximum absolute atomic E-state index is 13.8. The van der Waals surface area contributed by atoms with Crippen molar-refractivity contribution in [1.29, 1.82) is 0 Å². The van der Waals surface area contributed by atoms with E-state index in [0.717, 1.165) is 39.2 Å². The molecule has 160 valence electrons. The molecule has 1 aliphatic heterocycles. The van der Waals surface area contributed by atoms with Gasteiger partial charge in [-0.1, -0.05) is 36.4 Å². The van der Waals surface area contributed by atoms with Gasteiger partial charge in [0.1, 0.15) is 23.7 Å². The summed E-state index contributed by atoms with van der Waals surface area (Å²) in [6.45, 7) is 7.90. The van der Waals surface area contributed by atoms with Crippen molar-refractivity contribution in [2.45, 2.75) is 39.8 Å². The molecule has 0 saturated heterocycles. The fourth-order valence-electron chi connectivity index (χ4n) is 4.18. The van der Waals surface area contributed by atoms with Crippen LogP contribution in [0, 0.1) is 19.7 Å². The Balaban J connectivity index is 1.87. The molecule has 1 N–H and O–H groups in total. The van der Waals surface area contributed by atoms with Gasteiger partial charge in [-0.05, 0) is 62.1 Å². The first kappa shape index (κ1) is 20.9. The van der Waals surface area contributed by atoms with Crippen LogP contribution >= 0.6 is 0 Å². The summed E-state index contributed by atoms with van der Waals surface area (Å²) in [4.78, 5) is 14.7. The molecule has 0 spiro atoms. The highest BCUT2D eigenvalue weighted by Gasteiger charge is 2.38. The Morgan fingerprint density at radius 1 is 1.00 bits per heavy atom. The quantitative estimate of drug-likeness (QED) is 0.577. The van der Waals surface area contributed by atoms with Gasteiger partial charge in [0.25, 0.3) is 5.91 Å². The molecule has 0 unspecified atom stereocenters. The molecule has 3 aromatic carbocycles. The number of benzene rings is 3. The van der Waals surface area contributed by atoms with Gasteiger partial charge >= 0.3 is 0 Å². The van der Waals surface area contributed by atoms with Crippen LogP contribution in [-0.4, -0.2) is 18.5 Å². The van der Waals surface area contributed by atoms with E-state index in [2.05, 4.69) is 30.4 Å². The molecule has 0 fully saturated rings. The van der Waals surface area contributed by atoms with Crippen LogP contribution in [0.15, 0.2) is 54.6 Å². The summed E-state index contributed by atoms with van der Waals surface area (Å²) < 4.78 is 19.9. The number of halogens is 1. The van der Waals surface area contributed by atoms with Crippen LogP contribution in [0.3, 0.4) is 0 Å². The molecule has 0 bridgehead atoms. The zero-order valence-electron chi connectivity index (χ0n) is 18.5. The first-order chi connectivity index (χ1) is 14.7. The lowest BCUT2D eigenvalue weighted by Gasteiger charge is -2.39. The predicted molar refractivity (Wildman–Crippen MR) is 123 cm³/mol. The molecule has 3 aromatic rings. The molecule has 0 radical (unpaired) electrons. The molecule has 1 amide bonds. The van der Waals surface area contributed by atoms with E-state index in [1.165, 1.54) is 12.1 Å². The van der Waals surface area contributed by atoms with E-state index in [-0.39, 0.29) is 18.3 Å². The lowest BCUT2D eigenvalue weighted by atomic mass is 9.90. The maximum Gasteiger partial charge on any atom is 0.251 e. The molecule has 0 atom stereocenters. The van der Waals surface area contributed by atoms with Gasteiger partial charge in [-0.15, -0.1) is 0 Å². The fourth-order valence-corrected chi connectivity index (χ4v) is 4.18. The molecule has 4 nitrogen and oxygen atoms in total. The summed E-state index contributed by atoms with van der Waals surface area (Å²) in [6.07, 6.45) is 0. The molecule has 4 rings (SSSR count). The largest absolute Gasteiger partial charge is 0.488 e. The normalized spacial score (nSPS) is 14.8. The SMILES string of the molecule is Cc1ccc(F)cc1OCc1c(-c2ccccc2C)ccc2c1N(C)C(=O)C(C)(C)N2. The lowest BCUT2D eigenvalue weighted by molar-refractivity contribution is -0.121. The Kier molecular flexibility index (Phi) is 5.21. The number of anilines is 2. The van der Waals surface area contributed by atoms with E-state index < -0.39 is 5.54 Å². The summed E-state index contributed by atoms with van der Waals surface area (Å²) in [7, 11) is 1.79. The van der Waals surface area contributed by atoms with Gasteiger partial charge in [-0.25, -0.2) is 4.39 Å². The number of ether oxygens (including phenoxy) is 1. The van der Waals surface area contributed by atoms with Crippen LogP contribution in [0.1, 0.15) is 30.5 Å². The van der Waals surface area contributed by atoms with E-state index in [1.54, 1.807) is 18.0 Å². The number of rotatable bonds is 4. The smallest absolute Gasteiger partial charge is 0.251 e. The second-order valence-electron chi connectivity index (χ2n) is 8.62. The second kappa shape index (κ2) is 7.73. The first-order valence-corrected chi connectivity index (χ1v) is 10.4. The highest BCUT2D eigenvalue weighted by atomic mass is 19.1. The van der Waals surface area contributed by atoms with Gasteiger partial charge in [0.05, 0.1) is 11.4 Å². The number of likely N-dealkylation sites (N-methyl/N-ethyl adjacent to an activating group) is 1. The monoisotopic (exact) mass is 418 g/mol. The van der Waals surface area contributed by atoms with Gasteiger partial charge in [-0.3, -0.25) is 4.79 Å². The number of hydrogen-bond donors (Lipinski definition) is 1. The average Bonchev–Trinajstić information content (AvgIpc) is 2.73. The van der Waals surface area contributed by atoms with Crippen LogP contribution in [0.5, 0.6) is 5.75 Å². The van der Waals surface area contributed by atoms with Crippen LogP contribution < -0.4 is 15.0 Å². The topological polar surface area (TPSA) is 41.6 Å². The van der Waals surface area contributed by atoms with E-state index in [1.807, 2.05) is 39.0 Å². The minimum absolute atomic E-state index is 0.0230. The second-order valence-corrected chi connectivity index (χ2v) is 8.62. The molecule has 0 saturated carbocycles. The van der Waals surface area contributed by atoms with Crippen molar-refractivity contribution in [2.24, 2.45) is 0 Å². The van der Waals surface area contributed by atoms with E-state index >= 15 is 0 Å². The van der Waals surface area contributed by atoms with Crippen LogP contribution in [0.4, 0.5) is 15.8 Å². The van der Waals surface area contributed by atoms with Crippen molar-refractivity contribution in [2.75, 3.05) is 17.3 Å². The zero-order chi connectivity index (χ0) is 22.3. The summed E-state index contributed by atoms with van der Waals surface area (Å²) in [5.41, 5.74) is 5.89. The van der Waals surface area contributed by atoms with E-state index in [9.17, 15) is 9.18 Å². The minimum Gasteiger partial charge on any atom is -0.488 e. The van der Waals surface area contributed by atoms with Gasteiger partial charge < -0.3 is 15.0 Å². The van der Waals surface area contributed by atoms with Gasteiger partial charge in [0.2, 0.25) is 0 Å². The minimum atomic E-state index is -0.705. The summed E-state index contributed by atoms with van der Waals surface area (Å²) >= 11 is 0. The molecular weight excluding hydrogens is 391 g/mol. The fraction of sp³-hybridized carbons (Fsp3) is 0.269. The third-order valence-corrected chi connectivity index (χ3v) is 5.86. The number of amides is 1. The molecule has 0 aliphatic carbocycles. The van der Waals surface area contributed by atoms with Crippen molar-refractivity contribution in [1.82, 2.24) is 0 Å². The number of carbonyl (C=O) groups excluding carboxylic acids is 1. The highest BCUT2D eigenvalue weighted by molar-refractivity contribution is 6.08. The standard InChI is InChI=1S/C26H27FN2O2/c1-16-8-6-7-9-19(16)20-12-13-22-24(29(5)25(30)26(3,4)28-22)21(20)15-31-23-14-18(27)11-10-17(23)2/h6-14,28H,15H2,1-5H3. The third-order valence-electron chi connectivity index (χ3n) is 5.86. The van der Waals surface area contributed by atoms with Crippen LogP contribution in [-0.2, 0) is 11.4 Å². The Labute approximate surface area is 182 Å². The maximum atomic E-state index is 13.8. The highest BCUT2D eigenvalue weighted by Crippen LogP contribution is 2.43. The predicted octanol–water partition coefficient (Wildman–Crippen LogP) is 5.86. The van der Waals surface area contributed by atoms with Crippen molar-refractivity contribution < 1.29 is 13.9 Å². The number of carbonyl (C=O) groups is 1. The Bertz CT molecular complexity index is 1170. The van der Waals surface area contributed by atoms with E-state index in [4.69, 9.17) is 4.74 Å². The number of nitrogens with one attached hydrogen (secondary N) is 1. The van der Waals surface area contributed by atoms with Gasteiger partial charge in [0.15, 0.2) is 0 Å².